The van der Waals surface area contributed by atoms with E-state index in [1.165, 1.54) is 0 Å². The first kappa shape index (κ1) is 9.72. The van der Waals surface area contributed by atoms with Gasteiger partial charge in [-0.1, -0.05) is 24.3 Å². The number of aromatic hydroxyl groups is 1. The molecule has 1 aromatic heterocycles. The molecule has 0 aliphatic heterocycles. The molecule has 1 heterocycles. The second kappa shape index (κ2) is 3.83. The van der Waals surface area contributed by atoms with Crippen molar-refractivity contribution in [2.75, 3.05) is 5.32 Å². The molecule has 0 bridgehead atoms. The number of nitrogens with zero attached hydrogens (tertiary/aromatic N) is 1. The smallest absolute Gasteiger partial charge is 0.205 e. The molecule has 0 aliphatic carbocycles. The predicted molar refractivity (Wildman–Crippen MR) is 67.5 cm³/mol. The van der Waals surface area contributed by atoms with Crippen molar-refractivity contribution in [2.24, 2.45) is 0 Å². The maximum absolute atomic E-state index is 9.64. The zero-order valence-corrected chi connectivity index (χ0v) is 9.01. The molecule has 4 nitrogen and oxygen atoms in total. The summed E-state index contributed by atoms with van der Waals surface area (Å²) >= 11 is 0. The van der Waals surface area contributed by atoms with Gasteiger partial charge in [0, 0.05) is 0 Å². The highest BCUT2D eigenvalue weighted by Gasteiger charge is 2.04. The number of hydrogen-bond donors (Lipinski definition) is 3. The quantitative estimate of drug-likeness (QED) is 0.587. The SMILES string of the molecule is Oc1ccccc1Nc1nc2ccccc2[nH]1. The predicted octanol–water partition coefficient (Wildman–Crippen LogP) is 3.01. The molecule has 0 saturated heterocycles. The Balaban J connectivity index is 1.98. The maximum atomic E-state index is 9.64. The molecule has 0 fully saturated rings. The van der Waals surface area contributed by atoms with Gasteiger partial charge in [0.1, 0.15) is 5.75 Å². The third kappa shape index (κ3) is 1.80. The van der Waals surface area contributed by atoms with E-state index in [-0.39, 0.29) is 5.75 Å². The van der Waals surface area contributed by atoms with Gasteiger partial charge in [-0.2, -0.15) is 0 Å². The highest BCUT2D eigenvalue weighted by molar-refractivity contribution is 5.78. The lowest BCUT2D eigenvalue weighted by Crippen LogP contribution is -1.92. The van der Waals surface area contributed by atoms with Crippen LogP contribution in [0.25, 0.3) is 11.0 Å². The topological polar surface area (TPSA) is 60.9 Å². The third-order valence-corrected chi connectivity index (χ3v) is 2.55. The number of nitrogens with one attached hydrogen (secondary N) is 2. The number of benzene rings is 2. The van der Waals surface area contributed by atoms with Crippen LogP contribution in [0.5, 0.6) is 5.75 Å². The van der Waals surface area contributed by atoms with Crippen molar-refractivity contribution in [3.05, 3.63) is 48.5 Å². The molecule has 0 saturated carbocycles. The van der Waals surface area contributed by atoms with Crippen LogP contribution in [0.15, 0.2) is 48.5 Å². The van der Waals surface area contributed by atoms with Gasteiger partial charge >= 0.3 is 0 Å². The van der Waals surface area contributed by atoms with Gasteiger partial charge < -0.3 is 15.4 Å². The van der Waals surface area contributed by atoms with Crippen LogP contribution in [-0.4, -0.2) is 15.1 Å². The number of hydrogen-bond acceptors (Lipinski definition) is 3. The van der Waals surface area contributed by atoms with Gasteiger partial charge in [-0.05, 0) is 24.3 Å². The second-order valence-corrected chi connectivity index (χ2v) is 3.74. The van der Waals surface area contributed by atoms with Gasteiger partial charge in [-0.3, -0.25) is 0 Å². The normalized spacial score (nSPS) is 10.6. The van der Waals surface area contributed by atoms with Gasteiger partial charge in [0.2, 0.25) is 5.95 Å². The van der Waals surface area contributed by atoms with E-state index in [0.717, 1.165) is 11.0 Å². The van der Waals surface area contributed by atoms with Crippen LogP contribution in [0.4, 0.5) is 11.6 Å². The second-order valence-electron chi connectivity index (χ2n) is 3.74. The number of fused-ring (bicyclic) bond motifs is 1. The standard InChI is InChI=1S/C13H11N3O/c17-12-8-4-3-7-11(12)16-13-14-9-5-1-2-6-10(9)15-13/h1-8,17H,(H2,14,15,16). The molecule has 4 heteroatoms. The van der Waals surface area contributed by atoms with Crippen molar-refractivity contribution in [3.8, 4) is 5.75 Å². The highest BCUT2D eigenvalue weighted by atomic mass is 16.3. The van der Waals surface area contributed by atoms with E-state index in [2.05, 4.69) is 15.3 Å². The molecule has 0 amide bonds. The number of rotatable bonds is 2. The van der Waals surface area contributed by atoms with Crippen molar-refractivity contribution >= 4 is 22.7 Å². The van der Waals surface area contributed by atoms with E-state index in [9.17, 15) is 5.11 Å². The van der Waals surface area contributed by atoms with Gasteiger partial charge in [-0.25, -0.2) is 4.98 Å². The fourth-order valence-electron chi connectivity index (χ4n) is 1.72. The van der Waals surface area contributed by atoms with Gasteiger partial charge in [0.15, 0.2) is 0 Å². The summed E-state index contributed by atoms with van der Waals surface area (Å²) in [5.74, 6) is 0.820. The maximum Gasteiger partial charge on any atom is 0.205 e. The summed E-state index contributed by atoms with van der Waals surface area (Å²) in [5.41, 5.74) is 2.49. The fourth-order valence-corrected chi connectivity index (χ4v) is 1.72. The monoisotopic (exact) mass is 225 g/mol. The number of phenolic OH excluding ortho intramolecular Hbond substituents is 1. The first-order valence-electron chi connectivity index (χ1n) is 5.33. The summed E-state index contributed by atoms with van der Waals surface area (Å²) in [4.78, 5) is 7.51. The number of aromatic nitrogens is 2. The van der Waals surface area contributed by atoms with Crippen LogP contribution in [0.1, 0.15) is 0 Å². The largest absolute Gasteiger partial charge is 0.506 e. The summed E-state index contributed by atoms with van der Waals surface area (Å²) in [7, 11) is 0. The van der Waals surface area contributed by atoms with E-state index in [1.54, 1.807) is 18.2 Å². The molecule has 3 aromatic rings. The van der Waals surface area contributed by atoms with E-state index in [4.69, 9.17) is 0 Å². The van der Waals surface area contributed by atoms with E-state index in [1.807, 2.05) is 30.3 Å². The minimum Gasteiger partial charge on any atom is -0.506 e. The lowest BCUT2D eigenvalue weighted by molar-refractivity contribution is 0.477. The summed E-state index contributed by atoms with van der Waals surface area (Å²) in [6.07, 6.45) is 0. The Labute approximate surface area is 97.9 Å². The van der Waals surface area contributed by atoms with Gasteiger partial charge in [0.25, 0.3) is 0 Å². The molecule has 0 radical (unpaired) electrons. The summed E-state index contributed by atoms with van der Waals surface area (Å²) < 4.78 is 0. The molecular weight excluding hydrogens is 214 g/mol. The van der Waals surface area contributed by atoms with Crippen LogP contribution >= 0.6 is 0 Å². The molecular formula is C13H11N3O. The number of para-hydroxylation sites is 4. The third-order valence-electron chi connectivity index (χ3n) is 2.55. The first-order chi connectivity index (χ1) is 8.33. The Morgan fingerprint density at radius 3 is 2.59 bits per heavy atom. The Kier molecular flexibility index (Phi) is 2.19. The number of imidazole rings is 1. The number of aromatic amines is 1. The minimum atomic E-state index is 0.202. The average Bonchev–Trinajstić information content (AvgIpc) is 2.74. The number of anilines is 2. The van der Waals surface area contributed by atoms with Crippen LogP contribution in [0.2, 0.25) is 0 Å². The molecule has 3 rings (SSSR count). The fraction of sp³-hybridized carbons (Fsp3) is 0. The molecule has 0 atom stereocenters. The lowest BCUT2D eigenvalue weighted by Gasteiger charge is -2.03. The molecule has 2 aromatic carbocycles. The number of phenols is 1. The van der Waals surface area contributed by atoms with E-state index < -0.39 is 0 Å². The average molecular weight is 225 g/mol. The van der Waals surface area contributed by atoms with Crippen molar-refractivity contribution in [1.29, 1.82) is 0 Å². The molecule has 84 valence electrons. The van der Waals surface area contributed by atoms with Crippen LogP contribution in [-0.2, 0) is 0 Å². The Hall–Kier alpha value is -2.49. The van der Waals surface area contributed by atoms with Gasteiger partial charge in [0.05, 0.1) is 16.7 Å². The summed E-state index contributed by atoms with van der Waals surface area (Å²) in [5, 5.41) is 12.7. The Morgan fingerprint density at radius 1 is 1.00 bits per heavy atom. The zero-order valence-electron chi connectivity index (χ0n) is 9.01. The minimum absolute atomic E-state index is 0.202. The molecule has 0 spiro atoms. The lowest BCUT2D eigenvalue weighted by atomic mass is 10.3. The Bertz CT molecular complexity index is 627. The first-order valence-corrected chi connectivity index (χ1v) is 5.33. The summed E-state index contributed by atoms with van der Waals surface area (Å²) in [6, 6.07) is 14.8. The van der Waals surface area contributed by atoms with Gasteiger partial charge in [-0.15, -0.1) is 0 Å². The van der Waals surface area contributed by atoms with E-state index >= 15 is 0 Å². The molecule has 0 unspecified atom stereocenters. The van der Waals surface area contributed by atoms with Crippen LogP contribution < -0.4 is 5.32 Å². The Morgan fingerprint density at radius 2 is 1.76 bits per heavy atom. The van der Waals surface area contributed by atoms with Crippen molar-refractivity contribution in [2.45, 2.75) is 0 Å². The van der Waals surface area contributed by atoms with Crippen LogP contribution in [0, 0.1) is 0 Å². The molecule has 17 heavy (non-hydrogen) atoms. The summed E-state index contributed by atoms with van der Waals surface area (Å²) in [6.45, 7) is 0. The molecule has 0 aliphatic rings. The zero-order chi connectivity index (χ0) is 11.7. The van der Waals surface area contributed by atoms with Crippen molar-refractivity contribution in [1.82, 2.24) is 9.97 Å². The van der Waals surface area contributed by atoms with Crippen molar-refractivity contribution < 1.29 is 5.11 Å². The molecule has 3 N–H and O–H groups in total. The number of H-pyrrole nitrogens is 1. The highest BCUT2D eigenvalue weighted by Crippen LogP contribution is 2.25. The van der Waals surface area contributed by atoms with Crippen molar-refractivity contribution in [3.63, 3.8) is 0 Å². The van der Waals surface area contributed by atoms with Crippen LogP contribution in [0.3, 0.4) is 0 Å². The van der Waals surface area contributed by atoms with E-state index in [0.29, 0.717) is 11.6 Å².